The van der Waals surface area contributed by atoms with Crippen molar-refractivity contribution in [2.75, 3.05) is 0 Å². The summed E-state index contributed by atoms with van der Waals surface area (Å²) in [7, 11) is 0. The van der Waals surface area contributed by atoms with E-state index in [0.717, 1.165) is 0 Å². The van der Waals surface area contributed by atoms with Crippen LogP contribution in [0.4, 0.5) is 11.4 Å². The summed E-state index contributed by atoms with van der Waals surface area (Å²) in [6.45, 7) is 0. The van der Waals surface area contributed by atoms with Gasteiger partial charge in [-0.2, -0.15) is 10.2 Å². The molecule has 0 amide bonds. The van der Waals surface area contributed by atoms with E-state index < -0.39 is 17.3 Å². The largest absolute Gasteiger partial charge is 2.00 e. The number of nitrogens with zero attached hydrogens (tertiary/aromatic N) is 2. The average Bonchev–Trinajstić information content (AvgIpc) is 2.54. The first-order valence-corrected chi connectivity index (χ1v) is 6.57. The molecule has 117 valence electrons. The summed E-state index contributed by atoms with van der Waals surface area (Å²) in [5, 5.41) is 32.5. The maximum atomic E-state index is 12.3. The van der Waals surface area contributed by atoms with Gasteiger partial charge in [-0.25, -0.2) is 0 Å². The van der Waals surface area contributed by atoms with E-state index in [1.807, 2.05) is 6.07 Å². The molecule has 5 nitrogen and oxygen atoms in total. The van der Waals surface area contributed by atoms with Crippen molar-refractivity contribution in [3.05, 3.63) is 66.2 Å². The number of aromatic carboxylic acids is 1. The Bertz CT molecular complexity index is 880. The number of benzene rings is 3. The third-order valence-electron chi connectivity index (χ3n) is 3.22. The summed E-state index contributed by atoms with van der Waals surface area (Å²) >= 11 is 0. The number of carbonyl (C=O) groups excluding carboxylic acids is 1. The summed E-state index contributed by atoms with van der Waals surface area (Å²) in [6.07, 6.45) is 0. The van der Waals surface area contributed by atoms with E-state index in [2.05, 4.69) is 10.2 Å². The van der Waals surface area contributed by atoms with Crippen LogP contribution in [0, 0.1) is 0 Å². The Labute approximate surface area is 142 Å². The quantitative estimate of drug-likeness (QED) is 0.535. The molecule has 0 saturated heterocycles. The Kier molecular flexibility index (Phi) is 5.11. The van der Waals surface area contributed by atoms with Gasteiger partial charge >= 0.3 is 17.1 Å². The smallest absolute Gasteiger partial charge is 0.871 e. The molecule has 3 aromatic rings. The van der Waals surface area contributed by atoms with Gasteiger partial charge in [0.25, 0.3) is 0 Å². The molecule has 0 heterocycles. The van der Waals surface area contributed by atoms with Crippen LogP contribution in [0.1, 0.15) is 10.4 Å². The number of rotatable bonds is 3. The molecule has 0 fully saturated rings. The van der Waals surface area contributed by atoms with Gasteiger partial charge in [0.05, 0.1) is 17.3 Å². The molecule has 0 aliphatic heterocycles. The molecule has 0 saturated carbocycles. The topological polar surface area (TPSA) is 87.9 Å². The fourth-order valence-corrected chi connectivity index (χ4v) is 2.16. The summed E-state index contributed by atoms with van der Waals surface area (Å²) in [6, 6.07) is 17.1. The van der Waals surface area contributed by atoms with Gasteiger partial charge in [0, 0.05) is 5.39 Å². The SMILES string of the molecule is O=C([O-])c1cc2ccccc2c(N=Nc2ccccc2)c1[O-].[Cu+2]. The van der Waals surface area contributed by atoms with Gasteiger partial charge in [0.1, 0.15) is 0 Å². The van der Waals surface area contributed by atoms with E-state index in [-0.39, 0.29) is 22.8 Å². The van der Waals surface area contributed by atoms with Crippen LogP contribution >= 0.6 is 0 Å². The van der Waals surface area contributed by atoms with E-state index in [1.165, 1.54) is 6.07 Å². The van der Waals surface area contributed by atoms with E-state index in [9.17, 15) is 15.0 Å². The Morgan fingerprint density at radius 2 is 1.57 bits per heavy atom. The monoisotopic (exact) mass is 353 g/mol. The Morgan fingerprint density at radius 3 is 2.26 bits per heavy atom. The molecule has 0 aromatic heterocycles. The van der Waals surface area contributed by atoms with Gasteiger partial charge in [-0.1, -0.05) is 48.2 Å². The van der Waals surface area contributed by atoms with Crippen LogP contribution in [-0.4, -0.2) is 5.97 Å². The molecule has 0 spiro atoms. The first kappa shape index (κ1) is 16.7. The normalized spacial score (nSPS) is 10.6. The van der Waals surface area contributed by atoms with Crippen molar-refractivity contribution >= 4 is 28.1 Å². The van der Waals surface area contributed by atoms with Crippen LogP contribution in [0.15, 0.2) is 70.9 Å². The van der Waals surface area contributed by atoms with E-state index in [1.54, 1.807) is 48.5 Å². The standard InChI is InChI=1S/C17H12N2O3.Cu/c20-16-14(17(21)22)10-11-6-4-5-9-13(11)15(16)19-18-12-7-2-1-3-8-12;/h1-10,20H,(H,21,22);/q;+2/p-2. The van der Waals surface area contributed by atoms with Gasteiger partial charge in [-0.15, -0.1) is 0 Å². The van der Waals surface area contributed by atoms with Crippen molar-refractivity contribution in [2.45, 2.75) is 0 Å². The van der Waals surface area contributed by atoms with Crippen molar-refractivity contribution in [2.24, 2.45) is 10.2 Å². The molecule has 3 aromatic carbocycles. The summed E-state index contributed by atoms with van der Waals surface area (Å²) in [5.74, 6) is -2.22. The molecular weight excluding hydrogens is 344 g/mol. The zero-order chi connectivity index (χ0) is 15.5. The average molecular weight is 354 g/mol. The van der Waals surface area contributed by atoms with E-state index in [4.69, 9.17) is 0 Å². The Hall–Kier alpha value is -2.69. The number of carboxylic acid groups (broad SMARTS) is 1. The van der Waals surface area contributed by atoms with Gasteiger partial charge < -0.3 is 15.0 Å². The van der Waals surface area contributed by atoms with Gasteiger partial charge in [-0.3, -0.25) is 0 Å². The maximum absolute atomic E-state index is 12.3. The first-order chi connectivity index (χ1) is 10.7. The van der Waals surface area contributed by atoms with Crippen molar-refractivity contribution in [1.82, 2.24) is 0 Å². The molecule has 0 unspecified atom stereocenters. The van der Waals surface area contributed by atoms with Crippen LogP contribution in [0.3, 0.4) is 0 Å². The first-order valence-electron chi connectivity index (χ1n) is 6.57. The Morgan fingerprint density at radius 1 is 0.913 bits per heavy atom. The van der Waals surface area contributed by atoms with Crippen LogP contribution in [-0.2, 0) is 17.1 Å². The van der Waals surface area contributed by atoms with Crippen molar-refractivity contribution in [3.63, 3.8) is 0 Å². The van der Waals surface area contributed by atoms with Crippen LogP contribution in [0.2, 0.25) is 0 Å². The summed E-state index contributed by atoms with van der Waals surface area (Å²) < 4.78 is 0. The second-order valence-corrected chi connectivity index (χ2v) is 4.65. The minimum absolute atomic E-state index is 0. The second kappa shape index (κ2) is 7.05. The summed E-state index contributed by atoms with van der Waals surface area (Å²) in [5.41, 5.74) is 0.159. The van der Waals surface area contributed by atoms with Crippen molar-refractivity contribution < 1.29 is 32.1 Å². The molecule has 23 heavy (non-hydrogen) atoms. The zero-order valence-electron chi connectivity index (χ0n) is 11.7. The molecule has 0 N–H and O–H groups in total. The fraction of sp³-hybridized carbons (Fsp3) is 0. The number of hydrogen-bond donors (Lipinski definition) is 0. The van der Waals surface area contributed by atoms with Crippen molar-refractivity contribution in [3.8, 4) is 5.75 Å². The molecular formula is C17H10CuN2O3. The summed E-state index contributed by atoms with van der Waals surface area (Å²) in [4.78, 5) is 11.1. The molecule has 0 atom stereocenters. The molecule has 0 aliphatic rings. The number of carbonyl (C=O) groups is 1. The maximum Gasteiger partial charge on any atom is 2.00 e. The third-order valence-corrected chi connectivity index (χ3v) is 3.22. The van der Waals surface area contributed by atoms with Crippen LogP contribution in [0.5, 0.6) is 5.75 Å². The predicted octanol–water partition coefficient (Wildman–Crippen LogP) is 2.69. The molecule has 3 rings (SSSR count). The zero-order valence-corrected chi connectivity index (χ0v) is 12.6. The molecule has 1 radical (unpaired) electrons. The minimum Gasteiger partial charge on any atom is -0.871 e. The second-order valence-electron chi connectivity index (χ2n) is 4.65. The Balaban J connectivity index is 0.00000192. The number of fused-ring (bicyclic) bond motifs is 1. The van der Waals surface area contributed by atoms with Gasteiger partial charge in [-0.05, 0) is 29.1 Å². The molecule has 0 aliphatic carbocycles. The van der Waals surface area contributed by atoms with Gasteiger partial charge in [0.15, 0.2) is 0 Å². The van der Waals surface area contributed by atoms with Crippen LogP contribution in [0.25, 0.3) is 10.8 Å². The number of azo groups is 1. The van der Waals surface area contributed by atoms with Crippen molar-refractivity contribution in [1.29, 1.82) is 0 Å². The molecule has 0 bridgehead atoms. The number of hydrogen-bond acceptors (Lipinski definition) is 5. The predicted molar refractivity (Wildman–Crippen MR) is 78.3 cm³/mol. The van der Waals surface area contributed by atoms with E-state index >= 15 is 0 Å². The number of carboxylic acids is 1. The third kappa shape index (κ3) is 3.39. The minimum atomic E-state index is -1.52. The van der Waals surface area contributed by atoms with Gasteiger partial charge in [0.2, 0.25) is 0 Å². The molecule has 6 heteroatoms. The fourth-order valence-electron chi connectivity index (χ4n) is 2.16. The van der Waals surface area contributed by atoms with Crippen LogP contribution < -0.4 is 10.2 Å². The van der Waals surface area contributed by atoms with E-state index in [0.29, 0.717) is 16.5 Å².